The number of carbonyl (C=O) groups is 2. The van der Waals surface area contributed by atoms with E-state index in [1.165, 1.54) is 6.08 Å². The van der Waals surface area contributed by atoms with Gasteiger partial charge in [0.1, 0.15) is 11.8 Å². The maximum atomic E-state index is 11.7. The van der Waals surface area contributed by atoms with Gasteiger partial charge in [-0.2, -0.15) is 0 Å². The Labute approximate surface area is 124 Å². The first kappa shape index (κ1) is 16.8. The number of benzene rings is 1. The smallest absolute Gasteiger partial charge is 0.326 e. The maximum absolute atomic E-state index is 11.7. The molecule has 0 saturated heterocycles. The molecule has 0 spiro atoms. The molecule has 1 aromatic carbocycles. The van der Waals surface area contributed by atoms with E-state index >= 15 is 0 Å². The lowest BCUT2D eigenvalue weighted by molar-refractivity contribution is -0.141. The molecule has 0 fully saturated rings. The van der Waals surface area contributed by atoms with Crippen LogP contribution in [0.25, 0.3) is 6.08 Å². The highest BCUT2D eigenvalue weighted by Crippen LogP contribution is 2.12. The highest BCUT2D eigenvalue weighted by Gasteiger charge is 2.19. The number of carboxylic acid groups (broad SMARTS) is 1. The van der Waals surface area contributed by atoms with Crippen LogP contribution >= 0.6 is 0 Å². The Hall–Kier alpha value is -2.30. The standard InChI is InChI=1S/C16H21NO4/c1-11(2)10-14(16(19)20)17-15(18)9-6-12-4-7-13(21-3)8-5-12/h4-9,11,14H,10H2,1-3H3,(H,17,18)(H,19,20)/b9-6+/t14-/m0/s1. The van der Waals surface area contributed by atoms with Crippen LogP contribution < -0.4 is 10.1 Å². The molecule has 0 unspecified atom stereocenters. The van der Waals surface area contributed by atoms with Crippen LogP contribution in [0.2, 0.25) is 0 Å². The summed E-state index contributed by atoms with van der Waals surface area (Å²) in [7, 11) is 1.58. The Morgan fingerprint density at radius 2 is 1.90 bits per heavy atom. The van der Waals surface area contributed by atoms with Crippen LogP contribution in [0, 0.1) is 5.92 Å². The summed E-state index contributed by atoms with van der Waals surface area (Å²) in [5.74, 6) is -0.509. The third kappa shape index (κ3) is 6.12. The number of amides is 1. The first-order valence-corrected chi connectivity index (χ1v) is 6.77. The van der Waals surface area contributed by atoms with Crippen molar-refractivity contribution in [1.29, 1.82) is 0 Å². The molecule has 2 N–H and O–H groups in total. The lowest BCUT2D eigenvalue weighted by atomic mass is 10.0. The molecule has 0 aromatic heterocycles. The van der Waals surface area contributed by atoms with Gasteiger partial charge in [0.05, 0.1) is 7.11 Å². The van der Waals surface area contributed by atoms with Gasteiger partial charge >= 0.3 is 5.97 Å². The average Bonchev–Trinajstić information content (AvgIpc) is 2.44. The molecule has 5 nitrogen and oxygen atoms in total. The fourth-order valence-corrected chi connectivity index (χ4v) is 1.80. The van der Waals surface area contributed by atoms with Crippen LogP contribution in [-0.4, -0.2) is 30.1 Å². The maximum Gasteiger partial charge on any atom is 0.326 e. The fraction of sp³-hybridized carbons (Fsp3) is 0.375. The first-order valence-electron chi connectivity index (χ1n) is 6.77. The summed E-state index contributed by atoms with van der Waals surface area (Å²) in [5, 5.41) is 11.6. The summed E-state index contributed by atoms with van der Waals surface area (Å²) in [6.45, 7) is 3.82. The minimum atomic E-state index is -1.02. The van der Waals surface area contributed by atoms with Gasteiger partial charge in [-0.25, -0.2) is 4.79 Å². The van der Waals surface area contributed by atoms with Crippen molar-refractivity contribution in [2.24, 2.45) is 5.92 Å². The molecule has 1 aromatic rings. The van der Waals surface area contributed by atoms with E-state index in [1.807, 2.05) is 26.0 Å². The topological polar surface area (TPSA) is 75.6 Å². The zero-order chi connectivity index (χ0) is 15.8. The molecule has 0 aliphatic heterocycles. The molecule has 114 valence electrons. The third-order valence-corrected chi connectivity index (χ3v) is 2.86. The van der Waals surface area contributed by atoms with Crippen molar-refractivity contribution in [3.05, 3.63) is 35.9 Å². The van der Waals surface area contributed by atoms with Crippen molar-refractivity contribution in [3.8, 4) is 5.75 Å². The number of nitrogens with one attached hydrogen (secondary N) is 1. The molecular formula is C16H21NO4. The second-order valence-electron chi connectivity index (χ2n) is 5.14. The molecule has 21 heavy (non-hydrogen) atoms. The molecule has 0 heterocycles. The lowest BCUT2D eigenvalue weighted by Gasteiger charge is -2.15. The molecule has 1 atom stereocenters. The van der Waals surface area contributed by atoms with Crippen molar-refractivity contribution in [2.75, 3.05) is 7.11 Å². The highest BCUT2D eigenvalue weighted by atomic mass is 16.5. The van der Waals surface area contributed by atoms with Crippen LogP contribution in [0.5, 0.6) is 5.75 Å². The van der Waals surface area contributed by atoms with Gasteiger partial charge in [-0.3, -0.25) is 4.79 Å². The van der Waals surface area contributed by atoms with E-state index in [0.717, 1.165) is 11.3 Å². The van der Waals surface area contributed by atoms with E-state index in [1.54, 1.807) is 25.3 Å². The van der Waals surface area contributed by atoms with Crippen molar-refractivity contribution in [2.45, 2.75) is 26.3 Å². The molecule has 0 aliphatic carbocycles. The predicted octanol–water partition coefficient (Wildman–Crippen LogP) is 2.32. The number of hydrogen-bond acceptors (Lipinski definition) is 3. The SMILES string of the molecule is COc1ccc(/C=C/C(=O)N[C@@H](CC(C)C)C(=O)O)cc1. The monoisotopic (exact) mass is 291 g/mol. The Bertz CT molecular complexity index is 506. The third-order valence-electron chi connectivity index (χ3n) is 2.86. The van der Waals surface area contributed by atoms with Gasteiger partial charge in [-0.15, -0.1) is 0 Å². The van der Waals surface area contributed by atoms with E-state index in [4.69, 9.17) is 9.84 Å². The summed E-state index contributed by atoms with van der Waals surface area (Å²) in [5.41, 5.74) is 0.835. The molecule has 0 bridgehead atoms. The van der Waals surface area contributed by atoms with Gasteiger partial charge in [-0.05, 0) is 36.1 Å². The number of carbonyl (C=O) groups excluding carboxylic acids is 1. The Kier molecular flexibility index (Phi) is 6.46. The molecule has 0 saturated carbocycles. The molecule has 0 aliphatic rings. The molecule has 1 amide bonds. The Balaban J connectivity index is 2.61. The number of aliphatic carboxylic acids is 1. The van der Waals surface area contributed by atoms with E-state index in [-0.39, 0.29) is 5.92 Å². The van der Waals surface area contributed by atoms with Gasteiger partial charge in [-0.1, -0.05) is 26.0 Å². The van der Waals surface area contributed by atoms with Gasteiger partial charge in [0.25, 0.3) is 0 Å². The first-order chi connectivity index (χ1) is 9.92. The number of rotatable bonds is 7. The molecule has 0 radical (unpaired) electrons. The fourth-order valence-electron chi connectivity index (χ4n) is 1.80. The second-order valence-corrected chi connectivity index (χ2v) is 5.14. The van der Waals surface area contributed by atoms with Gasteiger partial charge < -0.3 is 15.2 Å². The number of hydrogen-bond donors (Lipinski definition) is 2. The number of carboxylic acids is 1. The van der Waals surface area contributed by atoms with Crippen molar-refractivity contribution in [3.63, 3.8) is 0 Å². The number of ether oxygens (including phenoxy) is 1. The van der Waals surface area contributed by atoms with E-state index < -0.39 is 17.9 Å². The van der Waals surface area contributed by atoms with Crippen molar-refractivity contribution >= 4 is 18.0 Å². The summed E-state index contributed by atoms with van der Waals surface area (Å²) < 4.78 is 5.04. The van der Waals surface area contributed by atoms with Crippen LogP contribution in [-0.2, 0) is 9.59 Å². The predicted molar refractivity (Wildman–Crippen MR) is 81.0 cm³/mol. The summed E-state index contributed by atoms with van der Waals surface area (Å²) in [6, 6.07) is 6.34. The van der Waals surface area contributed by atoms with Gasteiger partial charge in [0, 0.05) is 6.08 Å². The van der Waals surface area contributed by atoms with Crippen LogP contribution in [0.3, 0.4) is 0 Å². The second kappa shape index (κ2) is 8.09. The van der Waals surface area contributed by atoms with Crippen molar-refractivity contribution in [1.82, 2.24) is 5.32 Å². The Morgan fingerprint density at radius 1 is 1.29 bits per heavy atom. The van der Waals surface area contributed by atoms with Gasteiger partial charge in [0.15, 0.2) is 0 Å². The minimum Gasteiger partial charge on any atom is -0.497 e. The minimum absolute atomic E-state index is 0.192. The quantitative estimate of drug-likeness (QED) is 0.756. The summed E-state index contributed by atoms with van der Waals surface area (Å²) in [6.07, 6.45) is 3.36. The normalized spacial score (nSPS) is 12.4. The molecular weight excluding hydrogens is 270 g/mol. The molecule has 1 rings (SSSR count). The van der Waals surface area contributed by atoms with E-state index in [9.17, 15) is 9.59 Å². The zero-order valence-electron chi connectivity index (χ0n) is 12.5. The lowest BCUT2D eigenvalue weighted by Crippen LogP contribution is -2.40. The van der Waals surface area contributed by atoms with E-state index in [0.29, 0.717) is 6.42 Å². The van der Waals surface area contributed by atoms with Crippen LogP contribution in [0.4, 0.5) is 0 Å². The van der Waals surface area contributed by atoms with Gasteiger partial charge in [0.2, 0.25) is 5.91 Å². The van der Waals surface area contributed by atoms with Crippen LogP contribution in [0.1, 0.15) is 25.8 Å². The molecule has 5 heteroatoms. The highest BCUT2D eigenvalue weighted by molar-refractivity contribution is 5.94. The summed E-state index contributed by atoms with van der Waals surface area (Å²) in [4.78, 5) is 22.8. The summed E-state index contributed by atoms with van der Waals surface area (Å²) >= 11 is 0. The Morgan fingerprint density at radius 3 is 2.38 bits per heavy atom. The van der Waals surface area contributed by atoms with Crippen LogP contribution in [0.15, 0.2) is 30.3 Å². The van der Waals surface area contributed by atoms with E-state index in [2.05, 4.69) is 5.32 Å². The zero-order valence-corrected chi connectivity index (χ0v) is 12.5. The average molecular weight is 291 g/mol. The van der Waals surface area contributed by atoms with Crippen molar-refractivity contribution < 1.29 is 19.4 Å². The number of methoxy groups -OCH3 is 1. The largest absolute Gasteiger partial charge is 0.497 e.